The van der Waals surface area contributed by atoms with E-state index in [2.05, 4.69) is 31.2 Å². The molecule has 0 aliphatic rings. The molecule has 18 heavy (non-hydrogen) atoms. The van der Waals surface area contributed by atoms with Gasteiger partial charge < -0.3 is 5.32 Å². The predicted molar refractivity (Wildman–Crippen MR) is 79.0 cm³/mol. The Labute approximate surface area is 124 Å². The van der Waals surface area contributed by atoms with Crippen LogP contribution in [0.25, 0.3) is 0 Å². The molecular weight excluding hydrogens is 337 g/mol. The van der Waals surface area contributed by atoms with E-state index in [1.165, 1.54) is 0 Å². The molecule has 0 unspecified atom stereocenters. The molecule has 0 aliphatic heterocycles. The molecule has 2 aromatic rings. The Bertz CT molecular complexity index is 602. The van der Waals surface area contributed by atoms with Crippen LogP contribution in [0.4, 0.5) is 11.5 Å². The smallest absolute Gasteiger partial charge is 0.138 e. The second-order valence-corrected chi connectivity index (χ2v) is 5.41. The Morgan fingerprint density at radius 3 is 2.56 bits per heavy atom. The van der Waals surface area contributed by atoms with Crippen molar-refractivity contribution in [2.45, 2.75) is 13.8 Å². The number of rotatable bonds is 2. The van der Waals surface area contributed by atoms with Crippen molar-refractivity contribution in [1.82, 2.24) is 9.97 Å². The molecule has 1 aromatic heterocycles. The number of nitrogens with one attached hydrogen (secondary N) is 1. The lowest BCUT2D eigenvalue weighted by Gasteiger charge is -2.10. The molecule has 2 rings (SSSR count). The number of aryl methyl sites for hydroxylation is 1. The van der Waals surface area contributed by atoms with Crippen molar-refractivity contribution < 1.29 is 0 Å². The van der Waals surface area contributed by atoms with Gasteiger partial charge in [-0.15, -0.1) is 0 Å². The minimum absolute atomic E-state index is 0.457. The summed E-state index contributed by atoms with van der Waals surface area (Å²) in [4.78, 5) is 8.42. The first-order valence-corrected chi connectivity index (χ1v) is 6.75. The molecule has 0 radical (unpaired) electrons. The van der Waals surface area contributed by atoms with E-state index < -0.39 is 0 Å². The van der Waals surface area contributed by atoms with Gasteiger partial charge in [-0.2, -0.15) is 0 Å². The van der Waals surface area contributed by atoms with Crippen molar-refractivity contribution in [3.05, 3.63) is 44.2 Å². The summed E-state index contributed by atoms with van der Waals surface area (Å²) >= 11 is 15.3. The molecule has 3 nitrogen and oxygen atoms in total. The summed E-state index contributed by atoms with van der Waals surface area (Å²) in [5.74, 6) is 1.32. The van der Waals surface area contributed by atoms with E-state index in [0.29, 0.717) is 21.8 Å². The Morgan fingerprint density at radius 1 is 1.17 bits per heavy atom. The van der Waals surface area contributed by atoms with Crippen molar-refractivity contribution in [2.75, 3.05) is 5.32 Å². The molecule has 0 saturated carbocycles. The van der Waals surface area contributed by atoms with Crippen LogP contribution in [-0.2, 0) is 0 Å². The lowest BCUT2D eigenvalue weighted by atomic mass is 10.3. The third-order valence-corrected chi connectivity index (χ3v) is 3.96. The predicted octanol–water partition coefficient (Wildman–Crippen LogP) is 4.91. The molecule has 0 atom stereocenters. The highest BCUT2D eigenvalue weighted by molar-refractivity contribution is 9.10. The van der Waals surface area contributed by atoms with Gasteiger partial charge in [0.15, 0.2) is 0 Å². The monoisotopic (exact) mass is 345 g/mol. The summed E-state index contributed by atoms with van der Waals surface area (Å²) in [6.07, 6.45) is 0. The fourth-order valence-corrected chi connectivity index (χ4v) is 2.13. The van der Waals surface area contributed by atoms with Gasteiger partial charge in [0.25, 0.3) is 0 Å². The number of nitrogens with zero attached hydrogens (tertiary/aromatic N) is 2. The van der Waals surface area contributed by atoms with Gasteiger partial charge in [0.2, 0.25) is 0 Å². The van der Waals surface area contributed by atoms with E-state index >= 15 is 0 Å². The van der Waals surface area contributed by atoms with E-state index in [1.807, 2.05) is 19.1 Å². The van der Waals surface area contributed by atoms with Gasteiger partial charge in [0.05, 0.1) is 5.02 Å². The standard InChI is InChI=1S/C12H10BrCl2N3/c1-6-11(15)16-7(2)17-12(6)18-8-3-4-10(14)9(13)5-8/h3-5H,1-2H3,(H,16,17,18). The van der Waals surface area contributed by atoms with Crippen LogP contribution in [0, 0.1) is 13.8 Å². The van der Waals surface area contributed by atoms with Gasteiger partial charge in [-0.3, -0.25) is 0 Å². The first-order valence-electron chi connectivity index (χ1n) is 5.20. The van der Waals surface area contributed by atoms with Gasteiger partial charge in [-0.05, 0) is 48.0 Å². The van der Waals surface area contributed by atoms with E-state index in [0.717, 1.165) is 15.7 Å². The minimum Gasteiger partial charge on any atom is -0.340 e. The number of aromatic nitrogens is 2. The number of hydrogen-bond acceptors (Lipinski definition) is 3. The van der Waals surface area contributed by atoms with Crippen molar-refractivity contribution >= 4 is 50.6 Å². The molecule has 1 aromatic carbocycles. The highest BCUT2D eigenvalue weighted by Crippen LogP contribution is 2.28. The van der Waals surface area contributed by atoms with Crippen LogP contribution in [0.1, 0.15) is 11.4 Å². The Morgan fingerprint density at radius 2 is 1.89 bits per heavy atom. The summed E-state index contributed by atoms with van der Waals surface area (Å²) in [5.41, 5.74) is 1.69. The summed E-state index contributed by atoms with van der Waals surface area (Å²) in [5, 5.41) is 4.32. The Balaban J connectivity index is 2.36. The number of hydrogen-bond donors (Lipinski definition) is 1. The van der Waals surface area contributed by atoms with Crippen LogP contribution in [0.2, 0.25) is 10.2 Å². The lowest BCUT2D eigenvalue weighted by molar-refractivity contribution is 1.04. The third-order valence-electron chi connectivity index (χ3n) is 2.38. The fourth-order valence-electron chi connectivity index (χ4n) is 1.43. The maximum Gasteiger partial charge on any atom is 0.138 e. The second-order valence-electron chi connectivity index (χ2n) is 3.79. The molecular formula is C12H10BrCl2N3. The van der Waals surface area contributed by atoms with Crippen LogP contribution in [0.3, 0.4) is 0 Å². The quantitative estimate of drug-likeness (QED) is 0.785. The first kappa shape index (κ1) is 13.6. The molecule has 6 heteroatoms. The minimum atomic E-state index is 0.457. The van der Waals surface area contributed by atoms with Gasteiger partial charge in [0.1, 0.15) is 16.8 Å². The van der Waals surface area contributed by atoms with Gasteiger partial charge in [0, 0.05) is 15.7 Å². The van der Waals surface area contributed by atoms with Crippen molar-refractivity contribution in [3.63, 3.8) is 0 Å². The van der Waals surface area contributed by atoms with Gasteiger partial charge in [-0.25, -0.2) is 9.97 Å². The molecule has 0 bridgehead atoms. The zero-order chi connectivity index (χ0) is 13.3. The van der Waals surface area contributed by atoms with Crippen molar-refractivity contribution in [2.24, 2.45) is 0 Å². The average Bonchev–Trinajstić information content (AvgIpc) is 2.30. The van der Waals surface area contributed by atoms with Crippen molar-refractivity contribution in [3.8, 4) is 0 Å². The topological polar surface area (TPSA) is 37.8 Å². The number of benzene rings is 1. The molecule has 0 fully saturated rings. The van der Waals surface area contributed by atoms with Crippen molar-refractivity contribution in [1.29, 1.82) is 0 Å². The largest absolute Gasteiger partial charge is 0.340 e. The SMILES string of the molecule is Cc1nc(Cl)c(C)c(Nc2ccc(Cl)c(Br)c2)n1. The van der Waals surface area contributed by atoms with Crippen LogP contribution in [0.15, 0.2) is 22.7 Å². The van der Waals surface area contributed by atoms with Gasteiger partial charge >= 0.3 is 0 Å². The molecule has 0 amide bonds. The average molecular weight is 347 g/mol. The van der Waals surface area contributed by atoms with Crippen LogP contribution in [0.5, 0.6) is 0 Å². The summed E-state index contributed by atoms with van der Waals surface area (Å²) in [7, 11) is 0. The first-order chi connectivity index (χ1) is 8.47. The van der Waals surface area contributed by atoms with Crippen LogP contribution >= 0.6 is 39.1 Å². The van der Waals surface area contributed by atoms with Crippen LogP contribution < -0.4 is 5.32 Å². The Kier molecular flexibility index (Phi) is 4.10. The summed E-state index contributed by atoms with van der Waals surface area (Å²) < 4.78 is 0.823. The molecule has 1 heterocycles. The number of anilines is 2. The summed E-state index contributed by atoms with van der Waals surface area (Å²) in [6, 6.07) is 5.56. The van der Waals surface area contributed by atoms with Crippen LogP contribution in [-0.4, -0.2) is 9.97 Å². The highest BCUT2D eigenvalue weighted by Gasteiger charge is 2.08. The zero-order valence-electron chi connectivity index (χ0n) is 9.76. The Hall–Kier alpha value is -0.840. The maximum absolute atomic E-state index is 6.02. The maximum atomic E-state index is 6.02. The molecule has 94 valence electrons. The highest BCUT2D eigenvalue weighted by atomic mass is 79.9. The third kappa shape index (κ3) is 2.94. The normalized spacial score (nSPS) is 10.5. The molecule has 1 N–H and O–H groups in total. The fraction of sp³-hybridized carbons (Fsp3) is 0.167. The van der Waals surface area contributed by atoms with Gasteiger partial charge in [-0.1, -0.05) is 23.2 Å². The van der Waals surface area contributed by atoms with E-state index in [4.69, 9.17) is 23.2 Å². The molecule has 0 saturated heterocycles. The lowest BCUT2D eigenvalue weighted by Crippen LogP contribution is -2.01. The zero-order valence-corrected chi connectivity index (χ0v) is 12.9. The summed E-state index contributed by atoms with van der Waals surface area (Å²) in [6.45, 7) is 3.67. The number of halogens is 3. The molecule has 0 spiro atoms. The van der Waals surface area contributed by atoms with E-state index in [1.54, 1.807) is 13.0 Å². The van der Waals surface area contributed by atoms with E-state index in [-0.39, 0.29) is 0 Å². The molecule has 0 aliphatic carbocycles. The second kappa shape index (κ2) is 5.43. The van der Waals surface area contributed by atoms with E-state index in [9.17, 15) is 0 Å².